The third-order valence-corrected chi connectivity index (χ3v) is 4.91. The lowest BCUT2D eigenvalue weighted by atomic mass is 10.2. The van der Waals surface area contributed by atoms with Gasteiger partial charge in [-0.3, -0.25) is 9.69 Å². The molecule has 0 N–H and O–H groups in total. The van der Waals surface area contributed by atoms with Gasteiger partial charge in [0.15, 0.2) is 4.32 Å². The van der Waals surface area contributed by atoms with E-state index in [4.69, 9.17) is 17.0 Å². The molecule has 8 heteroatoms. The second-order valence-electron chi connectivity index (χ2n) is 5.37. The molecule has 0 aromatic heterocycles. The summed E-state index contributed by atoms with van der Waals surface area (Å²) in [6, 6.07) is 13.3. The molecule has 0 bridgehead atoms. The zero-order valence-corrected chi connectivity index (χ0v) is 15.9. The molecule has 0 radical (unpaired) electrons. The fourth-order valence-electron chi connectivity index (χ4n) is 2.49. The van der Waals surface area contributed by atoms with Crippen molar-refractivity contribution in [2.45, 2.75) is 13.5 Å². The van der Waals surface area contributed by atoms with Crippen LogP contribution in [0, 0.1) is 0 Å². The fourth-order valence-corrected chi connectivity index (χ4v) is 3.78. The highest BCUT2D eigenvalue weighted by molar-refractivity contribution is 8.27. The summed E-state index contributed by atoms with van der Waals surface area (Å²) in [5.74, 6) is 0.246. The zero-order chi connectivity index (χ0) is 19.4. The van der Waals surface area contributed by atoms with Gasteiger partial charge in [0, 0.05) is 0 Å². The van der Waals surface area contributed by atoms with Gasteiger partial charge >= 0.3 is 6.61 Å². The number of alkyl halides is 2. The number of amides is 1. The molecule has 27 heavy (non-hydrogen) atoms. The van der Waals surface area contributed by atoms with Gasteiger partial charge in [0.2, 0.25) is 0 Å². The summed E-state index contributed by atoms with van der Waals surface area (Å²) in [5.41, 5.74) is 0.992. The predicted octanol–water partition coefficient (Wildman–Crippen LogP) is 5.09. The number of ether oxygens (including phenoxy) is 2. The zero-order valence-electron chi connectivity index (χ0n) is 14.2. The van der Waals surface area contributed by atoms with Crippen molar-refractivity contribution in [3.05, 3.63) is 59.0 Å². The van der Waals surface area contributed by atoms with E-state index in [-0.39, 0.29) is 21.7 Å². The number of carbonyl (C=O) groups is 1. The number of nitrogens with zero attached hydrogens (tertiary/aromatic N) is 1. The standard InChI is InChI=1S/C19H15F2NO3S2/c1-2-24-13-9-7-12(8-10-13)11-16-17(23)22(19(26)27-16)14-5-3-4-6-15(14)25-18(20)21/h3-11,18H,2H2,1H3/b16-11-. The smallest absolute Gasteiger partial charge is 0.387 e. The Morgan fingerprint density at radius 3 is 2.56 bits per heavy atom. The molecule has 1 fully saturated rings. The van der Waals surface area contributed by atoms with Crippen LogP contribution < -0.4 is 14.4 Å². The topological polar surface area (TPSA) is 38.8 Å². The minimum absolute atomic E-state index is 0.105. The number of anilines is 1. The molecule has 1 amide bonds. The Morgan fingerprint density at radius 2 is 1.89 bits per heavy atom. The van der Waals surface area contributed by atoms with Crippen LogP contribution in [0.3, 0.4) is 0 Å². The molecule has 2 aromatic rings. The van der Waals surface area contributed by atoms with Crippen molar-refractivity contribution < 1.29 is 23.0 Å². The second kappa shape index (κ2) is 8.49. The fraction of sp³-hybridized carbons (Fsp3) is 0.158. The number of rotatable bonds is 6. The van der Waals surface area contributed by atoms with Crippen LogP contribution in [0.2, 0.25) is 0 Å². The van der Waals surface area contributed by atoms with E-state index in [0.717, 1.165) is 23.1 Å². The number of para-hydroxylation sites is 2. The van der Waals surface area contributed by atoms with E-state index in [1.165, 1.54) is 17.0 Å². The van der Waals surface area contributed by atoms with E-state index < -0.39 is 6.61 Å². The van der Waals surface area contributed by atoms with Gasteiger partial charge in [-0.2, -0.15) is 8.78 Å². The van der Waals surface area contributed by atoms with Crippen molar-refractivity contribution in [3.63, 3.8) is 0 Å². The van der Waals surface area contributed by atoms with Crippen LogP contribution in [0.4, 0.5) is 14.5 Å². The van der Waals surface area contributed by atoms with Crippen molar-refractivity contribution in [2.75, 3.05) is 11.5 Å². The number of thiocarbonyl (C=S) groups is 1. The summed E-state index contributed by atoms with van der Waals surface area (Å²) in [4.78, 5) is 14.4. The molecule has 2 aromatic carbocycles. The van der Waals surface area contributed by atoms with Crippen molar-refractivity contribution in [1.82, 2.24) is 0 Å². The van der Waals surface area contributed by atoms with Crippen molar-refractivity contribution in [3.8, 4) is 11.5 Å². The van der Waals surface area contributed by atoms with Crippen molar-refractivity contribution in [2.24, 2.45) is 0 Å². The number of hydrogen-bond donors (Lipinski definition) is 0. The SMILES string of the molecule is CCOc1ccc(/C=C2\SC(=S)N(c3ccccc3OC(F)F)C2=O)cc1. The van der Waals surface area contributed by atoms with Gasteiger partial charge in [0.25, 0.3) is 5.91 Å². The lowest BCUT2D eigenvalue weighted by Crippen LogP contribution is -2.28. The molecule has 1 aliphatic heterocycles. The summed E-state index contributed by atoms with van der Waals surface area (Å²) in [6.45, 7) is -0.531. The Morgan fingerprint density at radius 1 is 1.19 bits per heavy atom. The molecule has 140 valence electrons. The molecule has 0 saturated carbocycles. The van der Waals surface area contributed by atoms with Crippen LogP contribution in [0.15, 0.2) is 53.4 Å². The molecule has 0 atom stereocenters. The Labute approximate surface area is 164 Å². The maximum Gasteiger partial charge on any atom is 0.387 e. The molecular formula is C19H15F2NO3S2. The quantitative estimate of drug-likeness (QED) is 0.493. The number of benzene rings is 2. The van der Waals surface area contributed by atoms with Crippen LogP contribution >= 0.6 is 24.0 Å². The average molecular weight is 407 g/mol. The Balaban J connectivity index is 1.87. The van der Waals surface area contributed by atoms with E-state index in [9.17, 15) is 13.6 Å². The van der Waals surface area contributed by atoms with E-state index in [0.29, 0.717) is 11.5 Å². The summed E-state index contributed by atoms with van der Waals surface area (Å²) in [7, 11) is 0. The van der Waals surface area contributed by atoms with E-state index in [1.807, 2.05) is 31.2 Å². The number of carbonyl (C=O) groups excluding carboxylic acids is 1. The van der Waals surface area contributed by atoms with Crippen molar-refractivity contribution in [1.29, 1.82) is 0 Å². The highest BCUT2D eigenvalue weighted by Crippen LogP contribution is 2.40. The highest BCUT2D eigenvalue weighted by Gasteiger charge is 2.35. The molecule has 1 heterocycles. The molecule has 1 aliphatic rings. The Kier molecular flexibility index (Phi) is 6.08. The van der Waals surface area contributed by atoms with E-state index in [1.54, 1.807) is 18.2 Å². The van der Waals surface area contributed by atoms with Gasteiger partial charge < -0.3 is 9.47 Å². The third kappa shape index (κ3) is 4.45. The first-order chi connectivity index (χ1) is 13.0. The number of halogens is 2. The minimum atomic E-state index is -3.00. The maximum atomic E-state index is 12.8. The maximum absolute atomic E-state index is 12.8. The van der Waals surface area contributed by atoms with E-state index >= 15 is 0 Å². The lowest BCUT2D eigenvalue weighted by Gasteiger charge is -2.18. The first-order valence-electron chi connectivity index (χ1n) is 8.04. The van der Waals surface area contributed by atoms with Crippen LogP contribution in [0.5, 0.6) is 11.5 Å². The van der Waals surface area contributed by atoms with Gasteiger partial charge in [0.05, 0.1) is 17.2 Å². The summed E-state index contributed by atoms with van der Waals surface area (Å²) in [6.07, 6.45) is 1.70. The lowest BCUT2D eigenvalue weighted by molar-refractivity contribution is -0.113. The van der Waals surface area contributed by atoms with Crippen LogP contribution in [0.1, 0.15) is 12.5 Å². The second-order valence-corrected chi connectivity index (χ2v) is 7.04. The summed E-state index contributed by atoms with van der Waals surface area (Å²) >= 11 is 6.39. The minimum Gasteiger partial charge on any atom is -0.494 e. The predicted molar refractivity (Wildman–Crippen MR) is 106 cm³/mol. The van der Waals surface area contributed by atoms with Gasteiger partial charge in [-0.1, -0.05) is 48.2 Å². The first-order valence-corrected chi connectivity index (χ1v) is 9.26. The molecule has 3 rings (SSSR count). The molecule has 1 saturated heterocycles. The Hall–Kier alpha value is -2.45. The molecular weight excluding hydrogens is 392 g/mol. The van der Waals surface area contributed by atoms with Gasteiger partial charge in [-0.25, -0.2) is 0 Å². The molecule has 0 aliphatic carbocycles. The largest absolute Gasteiger partial charge is 0.494 e. The monoisotopic (exact) mass is 407 g/mol. The molecule has 0 spiro atoms. The van der Waals surface area contributed by atoms with Crippen molar-refractivity contribution >= 4 is 46.0 Å². The van der Waals surface area contributed by atoms with Gasteiger partial charge in [0.1, 0.15) is 11.5 Å². The summed E-state index contributed by atoms with van der Waals surface area (Å²) < 4.78 is 35.5. The van der Waals surface area contributed by atoms with Crippen LogP contribution in [-0.2, 0) is 4.79 Å². The Bertz CT molecular complexity index is 885. The van der Waals surface area contributed by atoms with Crippen LogP contribution in [0.25, 0.3) is 6.08 Å². The van der Waals surface area contributed by atoms with Crippen LogP contribution in [-0.4, -0.2) is 23.4 Å². The number of thioether (sulfide) groups is 1. The highest BCUT2D eigenvalue weighted by atomic mass is 32.2. The molecule has 0 unspecified atom stereocenters. The average Bonchev–Trinajstić information content (AvgIpc) is 2.91. The number of hydrogen-bond acceptors (Lipinski definition) is 5. The third-order valence-electron chi connectivity index (χ3n) is 3.60. The van der Waals surface area contributed by atoms with Gasteiger partial charge in [-0.05, 0) is 42.8 Å². The van der Waals surface area contributed by atoms with E-state index in [2.05, 4.69) is 4.74 Å². The first kappa shape index (κ1) is 19.3. The normalized spacial score (nSPS) is 15.7. The molecule has 4 nitrogen and oxygen atoms in total. The summed E-state index contributed by atoms with van der Waals surface area (Å²) in [5, 5.41) is 0. The van der Waals surface area contributed by atoms with Gasteiger partial charge in [-0.15, -0.1) is 0 Å².